The summed E-state index contributed by atoms with van der Waals surface area (Å²) in [5.41, 5.74) is 0.450. The summed E-state index contributed by atoms with van der Waals surface area (Å²) in [6.45, 7) is 0. The third-order valence-corrected chi connectivity index (χ3v) is 2.68. The van der Waals surface area contributed by atoms with Gasteiger partial charge in [-0.25, -0.2) is 0 Å². The van der Waals surface area contributed by atoms with Crippen molar-refractivity contribution < 1.29 is 9.53 Å². The Hall–Kier alpha value is -0.540. The Bertz CT molecular complexity index is 312. The fraction of sp³-hybridized carbons (Fsp3) is 0.125. The van der Waals surface area contributed by atoms with Crippen molar-refractivity contribution in [3.05, 3.63) is 27.2 Å². The lowest BCUT2D eigenvalue weighted by Gasteiger charge is -2.06. The van der Waals surface area contributed by atoms with Crippen LogP contribution in [0.15, 0.2) is 16.6 Å². The maximum Gasteiger partial charge on any atom is 0.153 e. The maximum atomic E-state index is 10.5. The summed E-state index contributed by atoms with van der Waals surface area (Å²) in [6, 6.07) is 3.34. The number of halogens is 2. The van der Waals surface area contributed by atoms with Crippen LogP contribution in [0, 0.1) is 0 Å². The number of ether oxygens (including phenoxy) is 1. The summed E-state index contributed by atoms with van der Waals surface area (Å²) in [6.07, 6.45) is 0.706. The van der Waals surface area contributed by atoms with Crippen molar-refractivity contribution in [1.29, 1.82) is 0 Å². The van der Waals surface area contributed by atoms with Crippen LogP contribution in [0.2, 0.25) is 5.02 Å². The molecular weight excluding hydrogens is 243 g/mol. The zero-order valence-electron chi connectivity index (χ0n) is 6.30. The maximum absolute atomic E-state index is 10.5. The number of carbonyl (C=O) groups is 1. The van der Waals surface area contributed by atoms with Gasteiger partial charge in [0.25, 0.3) is 0 Å². The molecule has 4 heteroatoms. The number of carbonyl (C=O) groups excluding carboxylic acids is 1. The van der Waals surface area contributed by atoms with Gasteiger partial charge in [0, 0.05) is 4.47 Å². The predicted octanol–water partition coefficient (Wildman–Crippen LogP) is 2.92. The molecule has 1 aromatic rings. The molecule has 0 radical (unpaired) electrons. The third kappa shape index (κ3) is 1.62. The Labute approximate surface area is 83.6 Å². The zero-order chi connectivity index (χ0) is 9.14. The van der Waals surface area contributed by atoms with Gasteiger partial charge in [0.1, 0.15) is 5.75 Å². The van der Waals surface area contributed by atoms with Crippen molar-refractivity contribution in [3.8, 4) is 5.75 Å². The largest absolute Gasteiger partial charge is 0.494 e. The zero-order valence-corrected chi connectivity index (χ0v) is 8.65. The van der Waals surface area contributed by atoms with Crippen LogP contribution < -0.4 is 4.74 Å². The van der Waals surface area contributed by atoms with E-state index in [0.29, 0.717) is 27.1 Å². The first-order valence-electron chi connectivity index (χ1n) is 3.18. The Balaban J connectivity index is 3.35. The molecule has 0 aromatic heterocycles. The molecule has 12 heavy (non-hydrogen) atoms. The van der Waals surface area contributed by atoms with Crippen LogP contribution in [-0.4, -0.2) is 13.4 Å². The molecule has 0 spiro atoms. The van der Waals surface area contributed by atoms with E-state index < -0.39 is 0 Å². The van der Waals surface area contributed by atoms with E-state index in [4.69, 9.17) is 16.3 Å². The van der Waals surface area contributed by atoms with Crippen molar-refractivity contribution in [2.75, 3.05) is 7.11 Å². The molecule has 0 N–H and O–H groups in total. The summed E-state index contributed by atoms with van der Waals surface area (Å²) in [4.78, 5) is 10.5. The van der Waals surface area contributed by atoms with Crippen LogP contribution in [-0.2, 0) is 0 Å². The van der Waals surface area contributed by atoms with Gasteiger partial charge in [-0.3, -0.25) is 4.79 Å². The fourth-order valence-electron chi connectivity index (χ4n) is 0.847. The Morgan fingerprint density at radius 1 is 1.58 bits per heavy atom. The van der Waals surface area contributed by atoms with Crippen molar-refractivity contribution in [2.24, 2.45) is 0 Å². The molecule has 0 fully saturated rings. The van der Waals surface area contributed by atoms with Crippen LogP contribution in [0.4, 0.5) is 0 Å². The van der Waals surface area contributed by atoms with Crippen LogP contribution in [0.25, 0.3) is 0 Å². The first-order chi connectivity index (χ1) is 5.70. The molecule has 0 saturated carbocycles. The average molecular weight is 249 g/mol. The number of aldehydes is 1. The lowest BCUT2D eigenvalue weighted by Crippen LogP contribution is -1.91. The summed E-state index contributed by atoms with van der Waals surface area (Å²) in [5, 5.41) is 0.419. The molecule has 0 aliphatic carbocycles. The van der Waals surface area contributed by atoms with Crippen molar-refractivity contribution in [2.45, 2.75) is 0 Å². The molecule has 0 atom stereocenters. The summed E-state index contributed by atoms with van der Waals surface area (Å²) in [7, 11) is 1.47. The van der Waals surface area contributed by atoms with E-state index in [1.54, 1.807) is 12.1 Å². The molecule has 0 heterocycles. The lowest BCUT2D eigenvalue weighted by molar-refractivity contribution is 0.112. The van der Waals surface area contributed by atoms with Gasteiger partial charge in [-0.15, -0.1) is 0 Å². The molecule has 1 aromatic carbocycles. The van der Waals surface area contributed by atoms with Crippen LogP contribution in [0.3, 0.4) is 0 Å². The normalized spacial score (nSPS) is 9.58. The summed E-state index contributed by atoms with van der Waals surface area (Å²) >= 11 is 9.07. The number of hydrogen-bond acceptors (Lipinski definition) is 2. The number of rotatable bonds is 2. The van der Waals surface area contributed by atoms with Gasteiger partial charge in [-0.2, -0.15) is 0 Å². The van der Waals surface area contributed by atoms with Crippen molar-refractivity contribution in [1.82, 2.24) is 0 Å². The smallest absolute Gasteiger partial charge is 0.153 e. The van der Waals surface area contributed by atoms with Crippen molar-refractivity contribution >= 4 is 33.8 Å². The van der Waals surface area contributed by atoms with E-state index in [2.05, 4.69) is 15.9 Å². The first kappa shape index (κ1) is 9.55. The van der Waals surface area contributed by atoms with Gasteiger partial charge in [0.2, 0.25) is 0 Å². The molecule has 0 bridgehead atoms. The molecule has 0 aliphatic heterocycles. The molecule has 2 nitrogen and oxygen atoms in total. The number of methoxy groups -OCH3 is 1. The minimum atomic E-state index is 0.404. The quantitative estimate of drug-likeness (QED) is 0.753. The average Bonchev–Trinajstić information content (AvgIpc) is 2.09. The number of benzene rings is 1. The highest BCUT2D eigenvalue weighted by molar-refractivity contribution is 9.10. The number of hydrogen-bond donors (Lipinski definition) is 0. The van der Waals surface area contributed by atoms with Crippen LogP contribution >= 0.6 is 27.5 Å². The topological polar surface area (TPSA) is 26.3 Å². The highest BCUT2D eigenvalue weighted by Crippen LogP contribution is 2.34. The van der Waals surface area contributed by atoms with E-state index in [-0.39, 0.29) is 0 Å². The van der Waals surface area contributed by atoms with Gasteiger partial charge in [-0.05, 0) is 28.1 Å². The standard InChI is InChI=1S/C8H6BrClO2/c1-12-8-5(4-11)2-3-6(9)7(8)10/h2-4H,1H3. The SMILES string of the molecule is COc1c(C=O)ccc(Br)c1Cl. The highest BCUT2D eigenvalue weighted by Gasteiger charge is 2.09. The second kappa shape index (κ2) is 3.92. The molecule has 0 amide bonds. The molecule has 64 valence electrons. The predicted molar refractivity (Wildman–Crippen MR) is 51.1 cm³/mol. The van der Waals surface area contributed by atoms with E-state index in [9.17, 15) is 4.79 Å². The van der Waals surface area contributed by atoms with Gasteiger partial charge < -0.3 is 4.74 Å². The summed E-state index contributed by atoms with van der Waals surface area (Å²) < 4.78 is 5.67. The second-order valence-corrected chi connectivity index (χ2v) is 3.33. The molecular formula is C8H6BrClO2. The molecule has 0 aliphatic rings. The van der Waals surface area contributed by atoms with E-state index in [1.165, 1.54) is 7.11 Å². The van der Waals surface area contributed by atoms with E-state index >= 15 is 0 Å². The molecule has 0 saturated heterocycles. The van der Waals surface area contributed by atoms with Gasteiger partial charge in [0.05, 0.1) is 17.7 Å². The lowest BCUT2D eigenvalue weighted by atomic mass is 10.2. The van der Waals surface area contributed by atoms with E-state index in [1.807, 2.05) is 0 Å². The highest BCUT2D eigenvalue weighted by atomic mass is 79.9. The van der Waals surface area contributed by atoms with Gasteiger partial charge in [0.15, 0.2) is 6.29 Å². The Morgan fingerprint density at radius 2 is 2.25 bits per heavy atom. The van der Waals surface area contributed by atoms with Crippen molar-refractivity contribution in [3.63, 3.8) is 0 Å². The molecule has 0 unspecified atom stereocenters. The fourth-order valence-corrected chi connectivity index (χ4v) is 1.41. The minimum absolute atomic E-state index is 0.404. The van der Waals surface area contributed by atoms with Gasteiger partial charge >= 0.3 is 0 Å². The van der Waals surface area contributed by atoms with Crippen LogP contribution in [0.1, 0.15) is 10.4 Å². The minimum Gasteiger partial charge on any atom is -0.494 e. The van der Waals surface area contributed by atoms with Crippen LogP contribution in [0.5, 0.6) is 5.75 Å². The Morgan fingerprint density at radius 3 is 2.75 bits per heavy atom. The Kier molecular flexibility index (Phi) is 3.12. The van der Waals surface area contributed by atoms with E-state index in [0.717, 1.165) is 0 Å². The molecule has 1 rings (SSSR count). The second-order valence-electron chi connectivity index (χ2n) is 2.10. The van der Waals surface area contributed by atoms with Gasteiger partial charge in [-0.1, -0.05) is 11.6 Å². The third-order valence-electron chi connectivity index (χ3n) is 1.41. The summed E-state index contributed by atoms with van der Waals surface area (Å²) in [5.74, 6) is 0.404. The monoisotopic (exact) mass is 248 g/mol. The first-order valence-corrected chi connectivity index (χ1v) is 4.35.